The minimum absolute atomic E-state index is 0.706. The van der Waals surface area contributed by atoms with E-state index >= 15 is 0 Å². The number of ether oxygens (including phenoxy) is 1. The second-order valence-corrected chi connectivity index (χ2v) is 4.04. The molecule has 2 aromatic carbocycles. The molecule has 0 unspecified atom stereocenters. The molecule has 2 nitrogen and oxygen atoms in total. The molecule has 0 saturated carbocycles. The van der Waals surface area contributed by atoms with Gasteiger partial charge in [0.15, 0.2) is 0 Å². The van der Waals surface area contributed by atoms with Crippen LogP contribution in [0.3, 0.4) is 0 Å². The average Bonchev–Trinajstić information content (AvgIpc) is 2.66. The van der Waals surface area contributed by atoms with Crippen LogP contribution in [0.4, 0.5) is 0 Å². The number of methoxy groups -OCH3 is 1. The fraction of sp³-hybridized carbons (Fsp3) is 0.0769. The molecule has 0 saturated heterocycles. The molecule has 80 valence electrons. The quantitative estimate of drug-likeness (QED) is 0.626. The predicted molar refractivity (Wildman–Crippen MR) is 65.3 cm³/mol. The minimum atomic E-state index is 0.706. The van der Waals surface area contributed by atoms with Crippen molar-refractivity contribution in [2.45, 2.75) is 0 Å². The second-order valence-electron chi connectivity index (χ2n) is 3.60. The summed E-state index contributed by atoms with van der Waals surface area (Å²) in [6, 6.07) is 11.3. The molecule has 16 heavy (non-hydrogen) atoms. The van der Waals surface area contributed by atoms with Crippen molar-refractivity contribution in [1.82, 2.24) is 0 Å². The van der Waals surface area contributed by atoms with Crippen molar-refractivity contribution >= 4 is 33.5 Å². The van der Waals surface area contributed by atoms with Crippen molar-refractivity contribution in [1.29, 1.82) is 0 Å². The number of hydrogen-bond acceptors (Lipinski definition) is 2. The van der Waals surface area contributed by atoms with Crippen molar-refractivity contribution in [2.24, 2.45) is 0 Å². The van der Waals surface area contributed by atoms with Gasteiger partial charge in [0.1, 0.15) is 16.9 Å². The molecule has 0 N–H and O–H groups in total. The van der Waals surface area contributed by atoms with Gasteiger partial charge >= 0.3 is 0 Å². The Morgan fingerprint density at radius 3 is 2.44 bits per heavy atom. The van der Waals surface area contributed by atoms with Gasteiger partial charge in [-0.05, 0) is 36.4 Å². The van der Waals surface area contributed by atoms with Gasteiger partial charge in [0, 0.05) is 15.8 Å². The summed E-state index contributed by atoms with van der Waals surface area (Å²) in [5, 5.41) is 2.75. The highest BCUT2D eigenvalue weighted by Crippen LogP contribution is 2.32. The number of rotatable bonds is 1. The molecule has 0 aliphatic heterocycles. The largest absolute Gasteiger partial charge is 0.497 e. The molecule has 0 aliphatic rings. The molecule has 0 radical (unpaired) electrons. The third kappa shape index (κ3) is 1.34. The Kier molecular flexibility index (Phi) is 2.04. The lowest BCUT2D eigenvalue weighted by atomic mass is 10.1. The van der Waals surface area contributed by atoms with E-state index in [1.54, 1.807) is 7.11 Å². The third-order valence-electron chi connectivity index (χ3n) is 2.64. The van der Waals surface area contributed by atoms with E-state index in [1.165, 1.54) is 0 Å². The molecule has 3 aromatic rings. The lowest BCUT2D eigenvalue weighted by molar-refractivity contribution is 0.415. The lowest BCUT2D eigenvalue weighted by Crippen LogP contribution is -1.80. The Labute approximate surface area is 97.4 Å². The van der Waals surface area contributed by atoms with Crippen molar-refractivity contribution in [3.8, 4) is 5.75 Å². The first-order chi connectivity index (χ1) is 7.78. The smallest absolute Gasteiger partial charge is 0.135 e. The van der Waals surface area contributed by atoms with E-state index in [0.717, 1.165) is 27.7 Å². The third-order valence-corrected chi connectivity index (χ3v) is 2.87. The molecule has 1 aromatic heterocycles. The Balaban J connectivity index is 2.44. The fourth-order valence-corrected chi connectivity index (χ4v) is 2.03. The molecular formula is C13H9ClO2. The summed E-state index contributed by atoms with van der Waals surface area (Å²) in [5.74, 6) is 0.815. The van der Waals surface area contributed by atoms with Crippen LogP contribution < -0.4 is 4.74 Å². The first-order valence-electron chi connectivity index (χ1n) is 4.94. The Bertz CT molecular complexity index is 670. The molecule has 3 rings (SSSR count). The van der Waals surface area contributed by atoms with Crippen molar-refractivity contribution in [2.75, 3.05) is 7.11 Å². The summed E-state index contributed by atoms with van der Waals surface area (Å²) in [6.45, 7) is 0. The van der Waals surface area contributed by atoms with E-state index in [-0.39, 0.29) is 0 Å². The summed E-state index contributed by atoms with van der Waals surface area (Å²) in [5.41, 5.74) is 1.69. The van der Waals surface area contributed by atoms with Crippen LogP contribution in [-0.2, 0) is 0 Å². The minimum Gasteiger partial charge on any atom is -0.497 e. The Morgan fingerprint density at radius 1 is 1.00 bits per heavy atom. The number of furan rings is 1. The van der Waals surface area contributed by atoms with E-state index in [1.807, 2.05) is 36.4 Å². The summed E-state index contributed by atoms with van der Waals surface area (Å²) in [6.07, 6.45) is 0. The maximum atomic E-state index is 5.98. The zero-order chi connectivity index (χ0) is 11.1. The van der Waals surface area contributed by atoms with Crippen LogP contribution in [0.1, 0.15) is 0 Å². The van der Waals surface area contributed by atoms with Crippen LogP contribution in [0.2, 0.25) is 5.02 Å². The van der Waals surface area contributed by atoms with Crippen molar-refractivity contribution in [3.05, 3.63) is 41.4 Å². The van der Waals surface area contributed by atoms with E-state index < -0.39 is 0 Å². The standard InChI is InChI=1S/C13H9ClO2/c1-15-9-3-5-13-11(7-9)10-6-8(14)2-4-12(10)16-13/h2-7H,1H3. The molecule has 0 atom stereocenters. The van der Waals surface area contributed by atoms with Gasteiger partial charge < -0.3 is 9.15 Å². The second kappa shape index (κ2) is 3.42. The number of fused-ring (bicyclic) bond motifs is 3. The molecule has 0 spiro atoms. The normalized spacial score (nSPS) is 11.1. The highest BCUT2D eigenvalue weighted by Gasteiger charge is 2.07. The predicted octanol–water partition coefficient (Wildman–Crippen LogP) is 4.25. The first kappa shape index (κ1) is 9.55. The molecule has 0 bridgehead atoms. The lowest BCUT2D eigenvalue weighted by Gasteiger charge is -1.97. The molecule has 0 aliphatic carbocycles. The van der Waals surface area contributed by atoms with Crippen molar-refractivity contribution < 1.29 is 9.15 Å². The molecular weight excluding hydrogens is 224 g/mol. The molecule has 1 heterocycles. The van der Waals surface area contributed by atoms with E-state index in [4.69, 9.17) is 20.8 Å². The number of hydrogen-bond donors (Lipinski definition) is 0. The van der Waals surface area contributed by atoms with Gasteiger partial charge in [0.05, 0.1) is 7.11 Å². The molecule has 3 heteroatoms. The average molecular weight is 233 g/mol. The van der Waals surface area contributed by atoms with Gasteiger partial charge in [-0.3, -0.25) is 0 Å². The van der Waals surface area contributed by atoms with E-state index in [9.17, 15) is 0 Å². The van der Waals surface area contributed by atoms with Crippen LogP contribution in [0.5, 0.6) is 5.75 Å². The van der Waals surface area contributed by atoms with Gasteiger partial charge in [-0.1, -0.05) is 11.6 Å². The van der Waals surface area contributed by atoms with Gasteiger partial charge in [-0.15, -0.1) is 0 Å². The maximum Gasteiger partial charge on any atom is 0.135 e. The highest BCUT2D eigenvalue weighted by molar-refractivity contribution is 6.31. The van der Waals surface area contributed by atoms with Gasteiger partial charge in [0.2, 0.25) is 0 Å². The zero-order valence-electron chi connectivity index (χ0n) is 8.66. The Hall–Kier alpha value is -1.67. The highest BCUT2D eigenvalue weighted by atomic mass is 35.5. The van der Waals surface area contributed by atoms with Crippen LogP contribution in [0.15, 0.2) is 40.8 Å². The summed E-state index contributed by atoms with van der Waals surface area (Å²) in [7, 11) is 1.65. The number of halogens is 1. The van der Waals surface area contributed by atoms with Crippen molar-refractivity contribution in [3.63, 3.8) is 0 Å². The van der Waals surface area contributed by atoms with E-state index in [2.05, 4.69) is 0 Å². The zero-order valence-corrected chi connectivity index (χ0v) is 9.41. The fourth-order valence-electron chi connectivity index (χ4n) is 1.86. The summed E-state index contributed by atoms with van der Waals surface area (Å²) in [4.78, 5) is 0. The van der Waals surface area contributed by atoms with Crippen LogP contribution in [0.25, 0.3) is 21.9 Å². The Morgan fingerprint density at radius 2 is 1.69 bits per heavy atom. The van der Waals surface area contributed by atoms with Crippen LogP contribution >= 0.6 is 11.6 Å². The number of benzene rings is 2. The van der Waals surface area contributed by atoms with Crippen LogP contribution in [0, 0.1) is 0 Å². The summed E-state index contributed by atoms with van der Waals surface area (Å²) < 4.78 is 10.9. The first-order valence-corrected chi connectivity index (χ1v) is 5.31. The summed E-state index contributed by atoms with van der Waals surface area (Å²) >= 11 is 5.98. The molecule has 0 fully saturated rings. The van der Waals surface area contributed by atoms with Crippen LogP contribution in [-0.4, -0.2) is 7.11 Å². The van der Waals surface area contributed by atoms with E-state index in [0.29, 0.717) is 5.02 Å². The van der Waals surface area contributed by atoms with Gasteiger partial charge in [-0.2, -0.15) is 0 Å². The van der Waals surface area contributed by atoms with Gasteiger partial charge in [0.25, 0.3) is 0 Å². The topological polar surface area (TPSA) is 22.4 Å². The molecule has 0 amide bonds. The van der Waals surface area contributed by atoms with Gasteiger partial charge in [-0.25, -0.2) is 0 Å². The monoisotopic (exact) mass is 232 g/mol. The maximum absolute atomic E-state index is 5.98. The SMILES string of the molecule is COc1ccc2oc3ccc(Cl)cc3c2c1.